The van der Waals surface area contributed by atoms with Crippen molar-refractivity contribution in [3.05, 3.63) is 35.7 Å². The van der Waals surface area contributed by atoms with E-state index in [1.54, 1.807) is 31.8 Å². The molecule has 0 saturated heterocycles. The van der Waals surface area contributed by atoms with Gasteiger partial charge in [-0.15, -0.1) is 10.2 Å². The van der Waals surface area contributed by atoms with Crippen LogP contribution in [0.4, 0.5) is 0 Å². The molecule has 0 atom stereocenters. The highest BCUT2D eigenvalue weighted by atomic mass is 35.5. The standard InChI is InChI=1S/C13H11ClN4OS/c1-19-11-5-8(14)3-4-9(11)12-10-6-15-7-18(10)13(20-2)17-16-12/h3-7H,1-2H3. The lowest BCUT2D eigenvalue weighted by atomic mass is 10.1. The molecule has 2 heterocycles. The van der Waals surface area contributed by atoms with Gasteiger partial charge in [0.1, 0.15) is 17.8 Å². The van der Waals surface area contributed by atoms with Crippen molar-refractivity contribution in [1.29, 1.82) is 0 Å². The number of aromatic nitrogens is 4. The number of hydrogen-bond donors (Lipinski definition) is 0. The largest absolute Gasteiger partial charge is 0.496 e. The van der Waals surface area contributed by atoms with Gasteiger partial charge in [-0.1, -0.05) is 23.4 Å². The van der Waals surface area contributed by atoms with Crippen LogP contribution in [0.5, 0.6) is 5.75 Å². The molecule has 102 valence electrons. The number of thioether (sulfide) groups is 1. The van der Waals surface area contributed by atoms with Crippen LogP contribution in [0.15, 0.2) is 35.9 Å². The third kappa shape index (κ3) is 2.10. The normalized spacial score (nSPS) is 10.9. The Labute approximate surface area is 125 Å². The summed E-state index contributed by atoms with van der Waals surface area (Å²) in [6, 6.07) is 5.43. The fraction of sp³-hybridized carbons (Fsp3) is 0.154. The summed E-state index contributed by atoms with van der Waals surface area (Å²) in [6.07, 6.45) is 5.44. The first-order chi connectivity index (χ1) is 9.74. The molecule has 0 radical (unpaired) electrons. The maximum absolute atomic E-state index is 5.99. The summed E-state index contributed by atoms with van der Waals surface area (Å²) in [5, 5.41) is 9.92. The van der Waals surface area contributed by atoms with Crippen molar-refractivity contribution in [3.63, 3.8) is 0 Å². The zero-order valence-corrected chi connectivity index (χ0v) is 12.4. The fourth-order valence-electron chi connectivity index (χ4n) is 2.01. The molecule has 5 nitrogen and oxygen atoms in total. The van der Waals surface area contributed by atoms with Gasteiger partial charge in [-0.2, -0.15) is 0 Å². The predicted molar refractivity (Wildman–Crippen MR) is 79.6 cm³/mol. The highest BCUT2D eigenvalue weighted by Gasteiger charge is 2.15. The first-order valence-corrected chi connectivity index (χ1v) is 7.41. The van der Waals surface area contributed by atoms with Crippen LogP contribution in [0.3, 0.4) is 0 Å². The Morgan fingerprint density at radius 2 is 2.15 bits per heavy atom. The molecule has 0 N–H and O–H groups in total. The molecule has 3 aromatic rings. The zero-order valence-electron chi connectivity index (χ0n) is 10.9. The lowest BCUT2D eigenvalue weighted by Crippen LogP contribution is -2.00. The van der Waals surface area contributed by atoms with Gasteiger partial charge in [-0.05, 0) is 24.5 Å². The van der Waals surface area contributed by atoms with Crippen LogP contribution in [0, 0.1) is 0 Å². The minimum atomic E-state index is 0.615. The second-order valence-electron chi connectivity index (χ2n) is 4.03. The molecular formula is C13H11ClN4OS. The van der Waals surface area contributed by atoms with Gasteiger partial charge in [0.15, 0.2) is 5.16 Å². The molecule has 3 rings (SSSR count). The molecule has 0 bridgehead atoms. The minimum absolute atomic E-state index is 0.615. The Balaban J connectivity index is 2.28. The van der Waals surface area contributed by atoms with Crippen LogP contribution in [-0.2, 0) is 0 Å². The summed E-state index contributed by atoms with van der Waals surface area (Å²) in [4.78, 5) is 4.17. The molecule has 0 saturated carbocycles. The SMILES string of the molecule is COc1cc(Cl)ccc1-c1nnc(SC)n2cncc12. The molecule has 0 unspecified atom stereocenters. The lowest BCUT2D eigenvalue weighted by Gasteiger charge is -2.10. The Kier molecular flexibility index (Phi) is 3.50. The van der Waals surface area contributed by atoms with E-state index < -0.39 is 0 Å². The first kappa shape index (κ1) is 13.2. The summed E-state index contributed by atoms with van der Waals surface area (Å²) < 4.78 is 7.28. The average Bonchev–Trinajstić information content (AvgIpc) is 2.96. The molecule has 20 heavy (non-hydrogen) atoms. The highest BCUT2D eigenvalue weighted by molar-refractivity contribution is 7.98. The highest BCUT2D eigenvalue weighted by Crippen LogP contribution is 2.33. The topological polar surface area (TPSA) is 52.3 Å². The number of ether oxygens (including phenoxy) is 1. The van der Waals surface area contributed by atoms with E-state index in [4.69, 9.17) is 16.3 Å². The number of hydrogen-bond acceptors (Lipinski definition) is 5. The van der Waals surface area contributed by atoms with Crippen LogP contribution in [0.2, 0.25) is 5.02 Å². The number of benzene rings is 1. The molecule has 0 spiro atoms. The van der Waals surface area contributed by atoms with Gasteiger partial charge in [0.25, 0.3) is 0 Å². The smallest absolute Gasteiger partial charge is 0.195 e. The van der Waals surface area contributed by atoms with Crippen molar-refractivity contribution in [1.82, 2.24) is 19.6 Å². The van der Waals surface area contributed by atoms with E-state index in [0.717, 1.165) is 16.2 Å². The monoisotopic (exact) mass is 306 g/mol. The second-order valence-corrected chi connectivity index (χ2v) is 5.24. The van der Waals surface area contributed by atoms with Gasteiger partial charge < -0.3 is 4.74 Å². The predicted octanol–water partition coefficient (Wildman–Crippen LogP) is 3.18. The molecule has 1 aromatic carbocycles. The van der Waals surface area contributed by atoms with Gasteiger partial charge in [0, 0.05) is 10.6 Å². The van der Waals surface area contributed by atoms with Crippen LogP contribution < -0.4 is 4.74 Å². The minimum Gasteiger partial charge on any atom is -0.496 e. The van der Waals surface area contributed by atoms with E-state index in [-0.39, 0.29) is 0 Å². The van der Waals surface area contributed by atoms with Gasteiger partial charge in [-0.3, -0.25) is 4.40 Å². The van der Waals surface area contributed by atoms with Gasteiger partial charge in [-0.25, -0.2) is 4.98 Å². The van der Waals surface area contributed by atoms with Crippen molar-refractivity contribution in [2.75, 3.05) is 13.4 Å². The van der Waals surface area contributed by atoms with Gasteiger partial charge in [0.2, 0.25) is 0 Å². The van der Waals surface area contributed by atoms with E-state index in [0.29, 0.717) is 16.5 Å². The van der Waals surface area contributed by atoms with E-state index in [1.165, 1.54) is 11.8 Å². The summed E-state index contributed by atoms with van der Waals surface area (Å²) in [5.41, 5.74) is 2.43. The molecule has 7 heteroatoms. The number of methoxy groups -OCH3 is 1. The number of halogens is 1. The van der Waals surface area contributed by atoms with Crippen molar-refractivity contribution in [2.45, 2.75) is 5.16 Å². The summed E-state index contributed by atoms with van der Waals surface area (Å²) in [5.74, 6) is 0.659. The van der Waals surface area contributed by atoms with Crippen molar-refractivity contribution in [3.8, 4) is 17.0 Å². The molecule has 0 amide bonds. The Hall–Kier alpha value is -1.79. The van der Waals surface area contributed by atoms with E-state index >= 15 is 0 Å². The molecule has 0 aliphatic heterocycles. The van der Waals surface area contributed by atoms with Crippen LogP contribution in [0.25, 0.3) is 16.8 Å². The Bertz CT molecular complexity index is 774. The molecule has 2 aromatic heterocycles. The molecule has 0 aliphatic carbocycles. The zero-order chi connectivity index (χ0) is 14.1. The van der Waals surface area contributed by atoms with Crippen molar-refractivity contribution in [2.24, 2.45) is 0 Å². The second kappa shape index (κ2) is 5.30. The Morgan fingerprint density at radius 3 is 2.90 bits per heavy atom. The average molecular weight is 307 g/mol. The number of imidazole rings is 1. The van der Waals surface area contributed by atoms with Gasteiger partial charge in [0.05, 0.1) is 18.8 Å². The Morgan fingerprint density at radius 1 is 1.30 bits per heavy atom. The van der Waals surface area contributed by atoms with Crippen LogP contribution in [0.1, 0.15) is 0 Å². The van der Waals surface area contributed by atoms with E-state index in [9.17, 15) is 0 Å². The molecule has 0 fully saturated rings. The lowest BCUT2D eigenvalue weighted by molar-refractivity contribution is 0.416. The maximum Gasteiger partial charge on any atom is 0.195 e. The summed E-state index contributed by atoms with van der Waals surface area (Å²) >= 11 is 7.51. The maximum atomic E-state index is 5.99. The number of nitrogens with zero attached hydrogens (tertiary/aromatic N) is 4. The first-order valence-electron chi connectivity index (χ1n) is 5.81. The fourth-order valence-corrected chi connectivity index (χ4v) is 2.63. The number of rotatable bonds is 3. The third-order valence-electron chi connectivity index (χ3n) is 2.92. The number of fused-ring (bicyclic) bond motifs is 1. The summed E-state index contributed by atoms with van der Waals surface area (Å²) in [6.45, 7) is 0. The van der Waals surface area contributed by atoms with Crippen LogP contribution in [-0.4, -0.2) is 32.9 Å². The van der Waals surface area contributed by atoms with Crippen LogP contribution >= 0.6 is 23.4 Å². The molecule has 0 aliphatic rings. The summed E-state index contributed by atoms with van der Waals surface area (Å²) in [7, 11) is 1.60. The quantitative estimate of drug-likeness (QED) is 0.696. The molecular weight excluding hydrogens is 296 g/mol. The third-order valence-corrected chi connectivity index (χ3v) is 3.80. The van der Waals surface area contributed by atoms with Crippen molar-refractivity contribution < 1.29 is 4.74 Å². The van der Waals surface area contributed by atoms with E-state index in [1.807, 2.05) is 16.7 Å². The van der Waals surface area contributed by atoms with Crippen molar-refractivity contribution >= 4 is 28.9 Å². The van der Waals surface area contributed by atoms with E-state index in [2.05, 4.69) is 15.2 Å². The van der Waals surface area contributed by atoms with Gasteiger partial charge >= 0.3 is 0 Å².